The van der Waals surface area contributed by atoms with Crippen LogP contribution in [0.3, 0.4) is 0 Å². The van der Waals surface area contributed by atoms with Gasteiger partial charge in [-0.05, 0) is 11.5 Å². The molecule has 0 atom stereocenters. The maximum Gasteiger partial charge on any atom is 0.209 e. The van der Waals surface area contributed by atoms with Crippen molar-refractivity contribution in [2.75, 3.05) is 0 Å². The fraction of sp³-hybridized carbons (Fsp3) is 0. The lowest BCUT2D eigenvalue weighted by Crippen LogP contribution is -2.00. The summed E-state index contributed by atoms with van der Waals surface area (Å²) in [4.78, 5) is 15.8. The number of rotatable bonds is 2. The summed E-state index contributed by atoms with van der Waals surface area (Å²) in [7, 11) is 0. The number of benzene rings is 3. The van der Waals surface area contributed by atoms with E-state index in [0.29, 0.717) is 11.3 Å². The van der Waals surface area contributed by atoms with Crippen molar-refractivity contribution in [2.24, 2.45) is 0 Å². The number of hydrogen-bond donors (Lipinski definition) is 1. The minimum absolute atomic E-state index is 0.0240. The lowest BCUT2D eigenvalue weighted by molar-refractivity contribution is 0.103. The molecule has 1 N–H and O–H groups in total. The van der Waals surface area contributed by atoms with Crippen molar-refractivity contribution < 1.29 is 4.79 Å². The molecule has 3 aromatic carbocycles. The Morgan fingerprint density at radius 2 is 1.48 bits per heavy atom. The fourth-order valence-corrected chi connectivity index (χ4v) is 2.74. The van der Waals surface area contributed by atoms with E-state index in [4.69, 9.17) is 0 Å². The minimum atomic E-state index is 0.0240. The number of aromatic amines is 1. The van der Waals surface area contributed by atoms with E-state index in [0.717, 1.165) is 16.3 Å². The fourth-order valence-electron chi connectivity index (χ4n) is 2.74. The van der Waals surface area contributed by atoms with Gasteiger partial charge in [0.1, 0.15) is 0 Å². The van der Waals surface area contributed by atoms with Crippen molar-refractivity contribution in [3.63, 3.8) is 0 Å². The van der Waals surface area contributed by atoms with Crippen LogP contribution in [0.1, 0.15) is 16.1 Å². The van der Waals surface area contributed by atoms with Crippen molar-refractivity contribution in [1.82, 2.24) is 4.98 Å². The zero-order chi connectivity index (χ0) is 14.2. The van der Waals surface area contributed by atoms with Gasteiger partial charge >= 0.3 is 0 Å². The van der Waals surface area contributed by atoms with E-state index in [9.17, 15) is 4.79 Å². The number of nitrogens with one attached hydrogen (secondary N) is 1. The molecule has 0 saturated carbocycles. The molecule has 0 aliphatic carbocycles. The molecule has 0 fully saturated rings. The highest BCUT2D eigenvalue weighted by molar-refractivity contribution is 6.13. The van der Waals surface area contributed by atoms with E-state index in [1.54, 1.807) is 0 Å². The highest BCUT2D eigenvalue weighted by Crippen LogP contribution is 2.26. The molecule has 100 valence electrons. The van der Waals surface area contributed by atoms with Crippen LogP contribution in [0.5, 0.6) is 0 Å². The molecule has 4 aromatic rings. The van der Waals surface area contributed by atoms with Crippen LogP contribution in [-0.4, -0.2) is 10.8 Å². The second-order valence-corrected chi connectivity index (χ2v) is 5.13. The second kappa shape index (κ2) is 4.60. The lowest BCUT2D eigenvalue weighted by atomic mass is 10.1. The predicted molar refractivity (Wildman–Crippen MR) is 85.7 cm³/mol. The van der Waals surface area contributed by atoms with Gasteiger partial charge < -0.3 is 4.98 Å². The van der Waals surface area contributed by atoms with E-state index >= 15 is 0 Å². The molecule has 1 heterocycles. The Kier molecular flexibility index (Phi) is 2.61. The third-order valence-corrected chi connectivity index (χ3v) is 3.80. The smallest absolute Gasteiger partial charge is 0.209 e. The molecule has 4 rings (SSSR count). The number of H-pyrrole nitrogens is 1. The molecular formula is C19H13NO. The summed E-state index contributed by atoms with van der Waals surface area (Å²) in [5.41, 5.74) is 2.35. The molecule has 21 heavy (non-hydrogen) atoms. The summed E-state index contributed by atoms with van der Waals surface area (Å²) in [5.74, 6) is 0.0240. The Labute approximate surface area is 122 Å². The summed E-state index contributed by atoms with van der Waals surface area (Å²) in [5, 5.41) is 3.38. The summed E-state index contributed by atoms with van der Waals surface area (Å²) >= 11 is 0. The Balaban J connectivity index is 1.91. The highest BCUT2D eigenvalue weighted by atomic mass is 16.1. The van der Waals surface area contributed by atoms with Crippen LogP contribution >= 0.6 is 0 Å². The van der Waals surface area contributed by atoms with Crippen LogP contribution in [0.2, 0.25) is 0 Å². The van der Waals surface area contributed by atoms with Crippen molar-refractivity contribution in [2.45, 2.75) is 0 Å². The minimum Gasteiger partial charge on any atom is -0.351 e. The zero-order valence-corrected chi connectivity index (χ0v) is 11.3. The lowest BCUT2D eigenvalue weighted by Gasteiger charge is -1.99. The molecule has 0 radical (unpaired) electrons. The number of carbonyl (C=O) groups excluding carboxylic acids is 1. The first-order valence-electron chi connectivity index (χ1n) is 6.93. The largest absolute Gasteiger partial charge is 0.351 e. The van der Waals surface area contributed by atoms with Crippen LogP contribution in [0.4, 0.5) is 0 Å². The van der Waals surface area contributed by atoms with Gasteiger partial charge in [-0.3, -0.25) is 4.79 Å². The molecule has 2 heteroatoms. The molecule has 1 aromatic heterocycles. The first kappa shape index (κ1) is 11.9. The molecular weight excluding hydrogens is 258 g/mol. The average molecular weight is 271 g/mol. The van der Waals surface area contributed by atoms with Gasteiger partial charge in [-0.2, -0.15) is 0 Å². The van der Waals surface area contributed by atoms with Crippen LogP contribution < -0.4 is 0 Å². The third kappa shape index (κ3) is 1.93. The monoisotopic (exact) mass is 271 g/mol. The first-order valence-corrected chi connectivity index (χ1v) is 6.93. The number of fused-ring (bicyclic) bond motifs is 3. The molecule has 0 amide bonds. The quantitative estimate of drug-likeness (QED) is 0.533. The number of aromatic nitrogens is 1. The summed E-state index contributed by atoms with van der Waals surface area (Å²) in [6, 6.07) is 23.6. The molecule has 0 aliphatic rings. The predicted octanol–water partition coefficient (Wildman–Crippen LogP) is 4.55. The topological polar surface area (TPSA) is 32.9 Å². The average Bonchev–Trinajstić information content (AvgIpc) is 2.99. The molecule has 2 nitrogen and oxygen atoms in total. The van der Waals surface area contributed by atoms with E-state index in [2.05, 4.69) is 29.2 Å². The van der Waals surface area contributed by atoms with E-state index in [-0.39, 0.29) is 5.78 Å². The van der Waals surface area contributed by atoms with E-state index in [1.165, 1.54) is 5.39 Å². The van der Waals surface area contributed by atoms with E-state index in [1.807, 2.05) is 48.5 Å². The first-order chi connectivity index (χ1) is 10.3. The van der Waals surface area contributed by atoms with Gasteiger partial charge in [-0.1, -0.05) is 66.7 Å². The summed E-state index contributed by atoms with van der Waals surface area (Å²) in [6.07, 6.45) is 0. The van der Waals surface area contributed by atoms with Gasteiger partial charge in [0.25, 0.3) is 0 Å². The second-order valence-electron chi connectivity index (χ2n) is 5.13. The zero-order valence-electron chi connectivity index (χ0n) is 11.3. The van der Waals surface area contributed by atoms with Crippen LogP contribution in [0.15, 0.2) is 72.8 Å². The van der Waals surface area contributed by atoms with Gasteiger partial charge in [0.2, 0.25) is 5.78 Å². The Bertz CT molecular complexity index is 951. The molecule has 0 spiro atoms. The third-order valence-electron chi connectivity index (χ3n) is 3.80. The normalized spacial score (nSPS) is 11.0. The van der Waals surface area contributed by atoms with Gasteiger partial charge in [-0.15, -0.1) is 0 Å². The SMILES string of the molecule is O=C(c1ccccc1)c1cc2ccc3ccccc3c2[nH]1. The van der Waals surface area contributed by atoms with Crippen molar-refractivity contribution in [1.29, 1.82) is 0 Å². The summed E-state index contributed by atoms with van der Waals surface area (Å²) < 4.78 is 0. The van der Waals surface area contributed by atoms with Crippen LogP contribution in [-0.2, 0) is 0 Å². The van der Waals surface area contributed by atoms with Gasteiger partial charge in [0.15, 0.2) is 0 Å². The van der Waals surface area contributed by atoms with Gasteiger partial charge in [0.05, 0.1) is 11.2 Å². The summed E-state index contributed by atoms with van der Waals surface area (Å²) in [6.45, 7) is 0. The van der Waals surface area contributed by atoms with E-state index < -0.39 is 0 Å². The molecule has 0 bridgehead atoms. The Hall–Kier alpha value is -2.87. The Morgan fingerprint density at radius 3 is 2.33 bits per heavy atom. The van der Waals surface area contributed by atoms with Gasteiger partial charge in [-0.25, -0.2) is 0 Å². The molecule has 0 saturated heterocycles. The standard InChI is InChI=1S/C19H13NO/c21-19(14-7-2-1-3-8-14)17-12-15-11-10-13-6-4-5-9-16(13)18(15)20-17/h1-12,20H. The maximum atomic E-state index is 12.5. The van der Waals surface area contributed by atoms with Crippen molar-refractivity contribution >= 4 is 27.5 Å². The molecule has 0 unspecified atom stereocenters. The van der Waals surface area contributed by atoms with Crippen molar-refractivity contribution in [3.8, 4) is 0 Å². The maximum absolute atomic E-state index is 12.5. The number of ketones is 1. The highest BCUT2D eigenvalue weighted by Gasteiger charge is 2.12. The van der Waals surface area contributed by atoms with Gasteiger partial charge in [0, 0.05) is 16.3 Å². The number of carbonyl (C=O) groups is 1. The molecule has 0 aliphatic heterocycles. The Morgan fingerprint density at radius 1 is 0.762 bits per heavy atom. The number of hydrogen-bond acceptors (Lipinski definition) is 1. The van der Waals surface area contributed by atoms with Crippen molar-refractivity contribution in [3.05, 3.63) is 84.1 Å². The van der Waals surface area contributed by atoms with Crippen LogP contribution in [0, 0.1) is 0 Å². The van der Waals surface area contributed by atoms with Crippen LogP contribution in [0.25, 0.3) is 21.7 Å².